The van der Waals surface area contributed by atoms with Crippen LogP contribution in [-0.2, 0) is 16.8 Å². The lowest BCUT2D eigenvalue weighted by atomic mass is 9.88. The summed E-state index contributed by atoms with van der Waals surface area (Å²) in [7, 11) is 2.28. The molecular formula is C32H43FN3OP. The van der Waals surface area contributed by atoms with Gasteiger partial charge in [0.1, 0.15) is 5.67 Å². The zero-order valence-corrected chi connectivity index (χ0v) is 24.8. The smallest absolute Gasteiger partial charge is 0.140 e. The van der Waals surface area contributed by atoms with Crippen molar-refractivity contribution in [2.45, 2.75) is 52.6 Å². The van der Waals surface area contributed by atoms with E-state index >= 15 is 4.39 Å². The molecule has 1 fully saturated rings. The minimum atomic E-state index is -1.29. The van der Waals surface area contributed by atoms with Crippen LogP contribution in [0.2, 0.25) is 0 Å². The summed E-state index contributed by atoms with van der Waals surface area (Å²) < 4.78 is 20.3. The molecular weight excluding hydrogens is 492 g/mol. The van der Waals surface area contributed by atoms with Crippen molar-refractivity contribution < 1.29 is 9.13 Å². The summed E-state index contributed by atoms with van der Waals surface area (Å²) in [5, 5.41) is 3.16. The summed E-state index contributed by atoms with van der Waals surface area (Å²) in [6.07, 6.45) is 3.94. The predicted molar refractivity (Wildman–Crippen MR) is 167 cm³/mol. The summed E-state index contributed by atoms with van der Waals surface area (Å²) in [5.74, 6) is 0. The van der Waals surface area contributed by atoms with E-state index in [-0.39, 0.29) is 0 Å². The number of allylic oxidation sites excluding steroid dienone is 3. The molecule has 4 nitrogen and oxygen atoms in total. The van der Waals surface area contributed by atoms with Crippen molar-refractivity contribution in [2.24, 2.45) is 9.98 Å². The number of aryl methyl sites for hydroxylation is 1. The number of aliphatic imine (C=N–C) groups is 2. The first-order valence-corrected chi connectivity index (χ1v) is 14.6. The van der Waals surface area contributed by atoms with Gasteiger partial charge in [-0.15, -0.1) is 0 Å². The van der Waals surface area contributed by atoms with Crippen molar-refractivity contribution in [1.82, 2.24) is 0 Å². The molecule has 0 saturated carbocycles. The Kier molecular flexibility index (Phi) is 12.8. The van der Waals surface area contributed by atoms with E-state index in [0.717, 1.165) is 34.5 Å². The minimum Gasteiger partial charge on any atom is -0.381 e. The lowest BCUT2D eigenvalue weighted by Crippen LogP contribution is -2.29. The van der Waals surface area contributed by atoms with Crippen LogP contribution in [0.15, 0.2) is 89.0 Å². The fraction of sp³-hybridized carbons (Fsp3) is 0.375. The summed E-state index contributed by atoms with van der Waals surface area (Å²) in [5.41, 5.74) is 7.42. The maximum atomic E-state index is 15.0. The monoisotopic (exact) mass is 535 g/mol. The third-order valence-corrected chi connectivity index (χ3v) is 6.97. The second-order valence-electron chi connectivity index (χ2n) is 9.60. The van der Waals surface area contributed by atoms with E-state index in [1.54, 1.807) is 7.05 Å². The molecule has 1 aliphatic rings. The molecule has 3 rings (SSSR count). The standard InChI is InChI=1S/C21H28FN2OP.C11H15N/c1-15(2)14-19(23-4)20(26-5)24-16(3)17-6-8-18(9-7-17)21(22)10-12-25-13-11-21;1-4-10-5-7-11(8-6-10)12-9(2)3/h6-9,14,26H,3,10-13H2,1-2,4-5H3;5-8,12H,2,4H2,1,3H3. The van der Waals surface area contributed by atoms with Crippen LogP contribution in [0.25, 0.3) is 5.70 Å². The van der Waals surface area contributed by atoms with Gasteiger partial charge in [-0.25, -0.2) is 9.38 Å². The SMILES string of the molecule is C=C(C)Nc1ccc(CC)cc1.C=C(N=C(PC)C(C=C(C)C)=NC)c1ccc(C2(F)CCOCC2)cc1. The van der Waals surface area contributed by atoms with E-state index in [4.69, 9.17) is 9.73 Å². The van der Waals surface area contributed by atoms with Crippen molar-refractivity contribution in [3.05, 3.63) is 95.7 Å². The molecule has 0 spiro atoms. The molecule has 0 radical (unpaired) electrons. The zero-order valence-electron chi connectivity index (χ0n) is 23.8. The van der Waals surface area contributed by atoms with Crippen LogP contribution in [0.5, 0.6) is 0 Å². The summed E-state index contributed by atoms with van der Waals surface area (Å²) >= 11 is 0. The number of halogens is 1. The van der Waals surface area contributed by atoms with E-state index < -0.39 is 5.67 Å². The average molecular weight is 536 g/mol. The third kappa shape index (κ3) is 9.78. The van der Waals surface area contributed by atoms with Crippen LogP contribution in [0.3, 0.4) is 0 Å². The highest BCUT2D eigenvalue weighted by atomic mass is 31.1. The fourth-order valence-corrected chi connectivity index (χ4v) is 4.65. The highest BCUT2D eigenvalue weighted by molar-refractivity contribution is 7.61. The van der Waals surface area contributed by atoms with Gasteiger partial charge >= 0.3 is 0 Å². The maximum Gasteiger partial charge on any atom is 0.140 e. The van der Waals surface area contributed by atoms with Gasteiger partial charge in [-0.05, 0) is 68.8 Å². The molecule has 1 unspecified atom stereocenters. The molecule has 1 heterocycles. The number of benzene rings is 2. The fourth-order valence-electron chi connectivity index (χ4n) is 3.97. The van der Waals surface area contributed by atoms with E-state index in [9.17, 15) is 0 Å². The lowest BCUT2D eigenvalue weighted by molar-refractivity contribution is -0.0114. The second-order valence-corrected chi connectivity index (χ2v) is 10.6. The zero-order chi connectivity index (χ0) is 28.1. The first kappa shape index (κ1) is 31.3. The van der Waals surface area contributed by atoms with Crippen LogP contribution in [0.1, 0.15) is 57.2 Å². The molecule has 2 aromatic rings. The summed E-state index contributed by atoms with van der Waals surface area (Å²) in [6, 6.07) is 15.9. The highest BCUT2D eigenvalue weighted by Crippen LogP contribution is 2.36. The highest BCUT2D eigenvalue weighted by Gasteiger charge is 2.34. The predicted octanol–water partition coefficient (Wildman–Crippen LogP) is 8.57. The second kappa shape index (κ2) is 15.5. The molecule has 1 atom stereocenters. The van der Waals surface area contributed by atoms with Crippen LogP contribution < -0.4 is 5.32 Å². The molecule has 1 aliphatic heterocycles. The molecule has 6 heteroatoms. The van der Waals surface area contributed by atoms with Crippen LogP contribution in [0.4, 0.5) is 10.1 Å². The van der Waals surface area contributed by atoms with Gasteiger partial charge in [0.2, 0.25) is 0 Å². The van der Waals surface area contributed by atoms with Gasteiger partial charge in [0.15, 0.2) is 0 Å². The van der Waals surface area contributed by atoms with Gasteiger partial charge in [0.05, 0.1) is 16.9 Å². The summed E-state index contributed by atoms with van der Waals surface area (Å²) in [4.78, 5) is 9.04. The van der Waals surface area contributed by atoms with E-state index in [2.05, 4.69) is 61.3 Å². The molecule has 0 bridgehead atoms. The van der Waals surface area contributed by atoms with Gasteiger partial charge in [-0.2, -0.15) is 0 Å². The van der Waals surface area contributed by atoms with Crippen LogP contribution >= 0.6 is 8.58 Å². The number of ether oxygens (including phenoxy) is 1. The van der Waals surface area contributed by atoms with Crippen molar-refractivity contribution in [1.29, 1.82) is 0 Å². The number of anilines is 1. The van der Waals surface area contributed by atoms with Crippen molar-refractivity contribution >= 4 is 31.1 Å². The topological polar surface area (TPSA) is 46.0 Å². The van der Waals surface area contributed by atoms with Crippen molar-refractivity contribution in [2.75, 3.05) is 32.2 Å². The average Bonchev–Trinajstić information content (AvgIpc) is 2.91. The lowest BCUT2D eigenvalue weighted by Gasteiger charge is -2.30. The quantitative estimate of drug-likeness (QED) is 0.258. The Morgan fingerprint density at radius 1 is 1.05 bits per heavy atom. The number of nitrogens with one attached hydrogen (secondary N) is 1. The number of alkyl halides is 1. The Morgan fingerprint density at radius 2 is 1.66 bits per heavy atom. The Hall–Kier alpha value is -2.88. The van der Waals surface area contributed by atoms with Gasteiger partial charge in [0, 0.05) is 44.5 Å². The molecule has 2 aromatic carbocycles. The van der Waals surface area contributed by atoms with E-state index in [1.807, 2.05) is 51.1 Å². The molecule has 204 valence electrons. The number of hydrogen-bond donors (Lipinski definition) is 1. The molecule has 1 saturated heterocycles. The van der Waals surface area contributed by atoms with Gasteiger partial charge in [-0.1, -0.05) is 70.6 Å². The maximum absolute atomic E-state index is 15.0. The first-order valence-electron chi connectivity index (χ1n) is 13.1. The van der Waals surface area contributed by atoms with Crippen LogP contribution in [0, 0.1) is 0 Å². The summed E-state index contributed by atoms with van der Waals surface area (Å²) in [6.45, 7) is 19.1. The number of nitrogens with zero attached hydrogens (tertiary/aromatic N) is 2. The Morgan fingerprint density at radius 3 is 2.13 bits per heavy atom. The van der Waals surface area contributed by atoms with Gasteiger partial charge < -0.3 is 10.1 Å². The van der Waals surface area contributed by atoms with E-state index in [1.165, 1.54) is 11.1 Å². The minimum absolute atomic E-state index is 0.408. The van der Waals surface area contributed by atoms with Crippen LogP contribution in [-0.4, -0.2) is 38.1 Å². The van der Waals surface area contributed by atoms with E-state index in [0.29, 0.717) is 45.9 Å². The number of hydrogen-bond acceptors (Lipinski definition) is 4. The van der Waals surface area contributed by atoms with Gasteiger partial charge in [-0.3, -0.25) is 4.99 Å². The molecule has 0 aromatic heterocycles. The molecule has 38 heavy (non-hydrogen) atoms. The number of rotatable bonds is 9. The normalized spacial score (nSPS) is 15.4. The first-order chi connectivity index (χ1) is 18.1. The molecule has 0 aliphatic carbocycles. The Labute approximate surface area is 230 Å². The van der Waals surface area contributed by atoms with Gasteiger partial charge in [0.25, 0.3) is 0 Å². The Balaban J connectivity index is 0.000000352. The van der Waals surface area contributed by atoms with Crippen molar-refractivity contribution in [3.8, 4) is 0 Å². The third-order valence-electron chi connectivity index (χ3n) is 6.13. The van der Waals surface area contributed by atoms with Crippen molar-refractivity contribution in [3.63, 3.8) is 0 Å². The molecule has 1 N–H and O–H groups in total. The molecule has 0 amide bonds. The Bertz CT molecular complexity index is 1150. The largest absolute Gasteiger partial charge is 0.381 e.